The van der Waals surface area contributed by atoms with Crippen LogP contribution in [0.15, 0.2) is 30.3 Å². The number of ether oxygens (including phenoxy) is 1. The lowest BCUT2D eigenvalue weighted by molar-refractivity contribution is -0.142. The molecule has 0 radical (unpaired) electrons. The highest BCUT2D eigenvalue weighted by atomic mass is 16.5. The van der Waals surface area contributed by atoms with Crippen LogP contribution < -0.4 is 10.2 Å². The first kappa shape index (κ1) is 9.98. The van der Waals surface area contributed by atoms with Crippen molar-refractivity contribution in [1.82, 2.24) is 5.32 Å². The van der Waals surface area contributed by atoms with Crippen LogP contribution in [0.4, 0.5) is 5.69 Å². The molecule has 0 amide bonds. The maximum absolute atomic E-state index is 11.3. The number of benzene rings is 1. The molecule has 1 fully saturated rings. The number of carbonyl (C=O) groups is 1. The average molecular weight is 206 g/mol. The molecular formula is C11H14N2O2. The topological polar surface area (TPSA) is 41.6 Å². The second-order valence-corrected chi connectivity index (χ2v) is 3.50. The molecule has 4 heteroatoms. The molecule has 80 valence electrons. The van der Waals surface area contributed by atoms with Crippen LogP contribution in [-0.2, 0) is 9.53 Å². The largest absolute Gasteiger partial charge is 0.468 e. The smallest absolute Gasteiger partial charge is 0.324 e. The maximum atomic E-state index is 11.3. The minimum absolute atomic E-state index is 0.201. The van der Waals surface area contributed by atoms with Crippen molar-refractivity contribution in [3.05, 3.63) is 30.3 Å². The minimum atomic E-state index is -0.213. The Morgan fingerprint density at radius 3 is 2.87 bits per heavy atom. The van der Waals surface area contributed by atoms with Gasteiger partial charge in [0.05, 0.1) is 13.8 Å². The molecule has 1 aromatic rings. The van der Waals surface area contributed by atoms with Crippen LogP contribution >= 0.6 is 0 Å². The number of nitrogens with one attached hydrogen (secondary N) is 1. The van der Waals surface area contributed by atoms with Gasteiger partial charge in [0.2, 0.25) is 0 Å². The Labute approximate surface area is 88.8 Å². The number of hydrogen-bond acceptors (Lipinski definition) is 4. The fraction of sp³-hybridized carbons (Fsp3) is 0.364. The van der Waals surface area contributed by atoms with E-state index < -0.39 is 0 Å². The van der Waals surface area contributed by atoms with Gasteiger partial charge in [0.15, 0.2) is 0 Å². The molecule has 0 aliphatic carbocycles. The summed E-state index contributed by atoms with van der Waals surface area (Å²) in [7, 11) is 1.41. The number of nitrogens with zero attached hydrogens (tertiary/aromatic N) is 1. The Kier molecular flexibility index (Phi) is 2.87. The van der Waals surface area contributed by atoms with E-state index in [0.717, 1.165) is 5.69 Å². The molecular weight excluding hydrogens is 192 g/mol. The van der Waals surface area contributed by atoms with E-state index in [1.807, 2.05) is 30.3 Å². The fourth-order valence-electron chi connectivity index (χ4n) is 1.71. The Balaban J connectivity index is 2.02. The van der Waals surface area contributed by atoms with E-state index >= 15 is 0 Å². The van der Waals surface area contributed by atoms with Crippen molar-refractivity contribution in [3.8, 4) is 0 Å². The SMILES string of the molecule is COC(=O)C1CN(c2ccccc2)CN1. The van der Waals surface area contributed by atoms with E-state index in [4.69, 9.17) is 4.74 Å². The monoisotopic (exact) mass is 206 g/mol. The zero-order valence-corrected chi connectivity index (χ0v) is 8.64. The van der Waals surface area contributed by atoms with Crippen LogP contribution in [0.3, 0.4) is 0 Å². The zero-order valence-electron chi connectivity index (χ0n) is 8.64. The summed E-state index contributed by atoms with van der Waals surface area (Å²) in [6.07, 6.45) is 0. The van der Waals surface area contributed by atoms with Crippen LogP contribution in [0.5, 0.6) is 0 Å². The van der Waals surface area contributed by atoms with Crippen LogP contribution in [-0.4, -0.2) is 32.3 Å². The molecule has 2 rings (SSSR count). The number of carbonyl (C=O) groups excluding carboxylic acids is 1. The lowest BCUT2D eigenvalue weighted by atomic mass is 10.2. The van der Waals surface area contributed by atoms with Gasteiger partial charge in [-0.15, -0.1) is 0 Å². The first-order chi connectivity index (χ1) is 7.31. The van der Waals surface area contributed by atoms with Crippen LogP contribution in [0.1, 0.15) is 0 Å². The van der Waals surface area contributed by atoms with Gasteiger partial charge in [-0.25, -0.2) is 0 Å². The summed E-state index contributed by atoms with van der Waals surface area (Å²) in [4.78, 5) is 13.4. The van der Waals surface area contributed by atoms with E-state index in [1.165, 1.54) is 7.11 Å². The quantitative estimate of drug-likeness (QED) is 0.719. The van der Waals surface area contributed by atoms with E-state index in [-0.39, 0.29) is 12.0 Å². The summed E-state index contributed by atoms with van der Waals surface area (Å²) < 4.78 is 4.69. The highest BCUT2D eigenvalue weighted by Crippen LogP contribution is 2.16. The van der Waals surface area contributed by atoms with E-state index in [2.05, 4.69) is 10.2 Å². The predicted molar refractivity (Wildman–Crippen MR) is 57.6 cm³/mol. The van der Waals surface area contributed by atoms with Crippen LogP contribution in [0.2, 0.25) is 0 Å². The Bertz CT molecular complexity index is 340. The summed E-state index contributed by atoms with van der Waals surface area (Å²) in [5, 5.41) is 3.11. The molecule has 0 saturated carbocycles. The van der Waals surface area contributed by atoms with Crippen LogP contribution in [0.25, 0.3) is 0 Å². The first-order valence-electron chi connectivity index (χ1n) is 4.92. The van der Waals surface area contributed by atoms with Crippen LogP contribution in [0, 0.1) is 0 Å². The highest BCUT2D eigenvalue weighted by Gasteiger charge is 2.28. The third-order valence-corrected chi connectivity index (χ3v) is 2.54. The van der Waals surface area contributed by atoms with Gasteiger partial charge in [0.1, 0.15) is 6.04 Å². The molecule has 1 aromatic carbocycles. The molecule has 1 N–H and O–H groups in total. The number of rotatable bonds is 2. The lowest BCUT2D eigenvalue weighted by Gasteiger charge is -2.16. The molecule has 1 atom stereocenters. The van der Waals surface area contributed by atoms with Crippen molar-refractivity contribution in [2.75, 3.05) is 25.2 Å². The summed E-state index contributed by atoms with van der Waals surface area (Å²) in [6, 6.07) is 9.80. The lowest BCUT2D eigenvalue weighted by Crippen LogP contribution is -2.34. The molecule has 0 spiro atoms. The second-order valence-electron chi connectivity index (χ2n) is 3.50. The third kappa shape index (κ3) is 2.10. The van der Waals surface area contributed by atoms with Crippen molar-refractivity contribution in [2.24, 2.45) is 0 Å². The fourth-order valence-corrected chi connectivity index (χ4v) is 1.71. The van der Waals surface area contributed by atoms with E-state index in [0.29, 0.717) is 13.2 Å². The molecule has 0 aromatic heterocycles. The van der Waals surface area contributed by atoms with Crippen molar-refractivity contribution in [3.63, 3.8) is 0 Å². The third-order valence-electron chi connectivity index (χ3n) is 2.54. The summed E-state index contributed by atoms with van der Waals surface area (Å²) in [5.41, 5.74) is 1.12. The second kappa shape index (κ2) is 4.31. The number of anilines is 1. The van der Waals surface area contributed by atoms with Crippen molar-refractivity contribution < 1.29 is 9.53 Å². The first-order valence-corrected chi connectivity index (χ1v) is 4.92. The number of methoxy groups -OCH3 is 1. The molecule has 15 heavy (non-hydrogen) atoms. The van der Waals surface area contributed by atoms with Crippen molar-refractivity contribution >= 4 is 11.7 Å². The highest BCUT2D eigenvalue weighted by molar-refractivity contribution is 5.77. The molecule has 1 aliphatic heterocycles. The molecule has 0 bridgehead atoms. The Morgan fingerprint density at radius 1 is 1.47 bits per heavy atom. The summed E-state index contributed by atoms with van der Waals surface area (Å²) in [6.45, 7) is 1.35. The number of para-hydroxylation sites is 1. The van der Waals surface area contributed by atoms with Gasteiger partial charge in [-0.2, -0.15) is 0 Å². The molecule has 4 nitrogen and oxygen atoms in total. The van der Waals surface area contributed by atoms with E-state index in [1.54, 1.807) is 0 Å². The van der Waals surface area contributed by atoms with Crippen molar-refractivity contribution in [2.45, 2.75) is 6.04 Å². The van der Waals surface area contributed by atoms with Gasteiger partial charge in [-0.05, 0) is 12.1 Å². The minimum Gasteiger partial charge on any atom is -0.468 e. The number of hydrogen-bond donors (Lipinski definition) is 1. The predicted octanol–water partition coefficient (Wildman–Crippen LogP) is 0.595. The summed E-state index contributed by atoms with van der Waals surface area (Å²) >= 11 is 0. The van der Waals surface area contributed by atoms with Gasteiger partial charge in [-0.1, -0.05) is 18.2 Å². The standard InChI is InChI=1S/C11H14N2O2/c1-15-11(14)10-7-13(8-12-10)9-5-3-2-4-6-9/h2-6,10,12H,7-8H2,1H3. The van der Waals surface area contributed by atoms with E-state index in [9.17, 15) is 4.79 Å². The van der Waals surface area contributed by atoms with Gasteiger partial charge in [0, 0.05) is 12.2 Å². The number of esters is 1. The Morgan fingerprint density at radius 2 is 2.20 bits per heavy atom. The molecule has 1 heterocycles. The van der Waals surface area contributed by atoms with Gasteiger partial charge >= 0.3 is 5.97 Å². The normalized spacial score (nSPS) is 20.3. The molecule has 1 unspecified atom stereocenters. The molecule has 1 aliphatic rings. The van der Waals surface area contributed by atoms with Gasteiger partial charge in [0.25, 0.3) is 0 Å². The average Bonchev–Trinajstić information content (AvgIpc) is 2.78. The zero-order chi connectivity index (χ0) is 10.7. The maximum Gasteiger partial charge on any atom is 0.324 e. The summed E-state index contributed by atoms with van der Waals surface area (Å²) in [5.74, 6) is -0.201. The molecule has 1 saturated heterocycles. The van der Waals surface area contributed by atoms with Gasteiger partial charge in [-0.3, -0.25) is 10.1 Å². The Hall–Kier alpha value is -1.55. The van der Waals surface area contributed by atoms with Gasteiger partial charge < -0.3 is 9.64 Å². The van der Waals surface area contributed by atoms with Crippen molar-refractivity contribution in [1.29, 1.82) is 0 Å².